The molecule has 2 aromatic rings. The van der Waals surface area contributed by atoms with E-state index in [2.05, 4.69) is 43.3 Å². The van der Waals surface area contributed by atoms with Gasteiger partial charge in [-0.2, -0.15) is 0 Å². The fourth-order valence-corrected chi connectivity index (χ4v) is 6.64. The lowest BCUT2D eigenvalue weighted by atomic mass is 9.74. The van der Waals surface area contributed by atoms with Gasteiger partial charge in [0.2, 0.25) is 0 Å². The minimum absolute atomic E-state index is 0.767. The van der Waals surface area contributed by atoms with Gasteiger partial charge in [0.15, 0.2) is 0 Å². The minimum Gasteiger partial charge on any atom is -0.0843 e. The Labute approximate surface area is 208 Å². The van der Waals surface area contributed by atoms with Crippen molar-refractivity contribution in [2.75, 3.05) is 0 Å². The topological polar surface area (TPSA) is 0 Å². The number of unbranched alkanes of at least 4 members (excludes halogenated alkanes) is 3. The number of rotatable bonds is 10. The summed E-state index contributed by atoms with van der Waals surface area (Å²) in [7, 11) is 0. The summed E-state index contributed by atoms with van der Waals surface area (Å²) in [5.74, 6) is 3.85. The SMILES string of the molecule is CCCCCCC1CCC(CCC2CCC(c3ccc(-c4ccc(Cl)cc4)cc3)CC2)CC1. The maximum Gasteiger partial charge on any atom is 0.0406 e. The molecule has 33 heavy (non-hydrogen) atoms. The standard InChI is InChI=1S/C32H45Cl/c1-2-3-4-5-6-25-7-9-26(10-8-25)11-12-27-13-15-28(16-14-27)29-17-19-30(20-18-29)31-21-23-32(33)24-22-31/h17-28H,2-16H2,1H3. The second kappa shape index (κ2) is 13.0. The van der Waals surface area contributed by atoms with Gasteiger partial charge >= 0.3 is 0 Å². The first-order chi connectivity index (χ1) is 16.2. The summed E-state index contributed by atoms with van der Waals surface area (Å²) < 4.78 is 0. The molecule has 2 saturated carbocycles. The van der Waals surface area contributed by atoms with Crippen molar-refractivity contribution in [1.82, 2.24) is 0 Å². The van der Waals surface area contributed by atoms with Crippen molar-refractivity contribution in [3.63, 3.8) is 0 Å². The molecule has 0 amide bonds. The first kappa shape index (κ1) is 24.8. The molecule has 1 heteroatoms. The van der Waals surface area contributed by atoms with Crippen LogP contribution in [0.15, 0.2) is 48.5 Å². The van der Waals surface area contributed by atoms with Crippen LogP contribution in [-0.2, 0) is 0 Å². The highest BCUT2D eigenvalue weighted by molar-refractivity contribution is 6.30. The maximum atomic E-state index is 6.04. The van der Waals surface area contributed by atoms with Crippen LogP contribution in [0.25, 0.3) is 11.1 Å². The van der Waals surface area contributed by atoms with Crippen LogP contribution >= 0.6 is 11.6 Å². The van der Waals surface area contributed by atoms with Gasteiger partial charge in [-0.15, -0.1) is 0 Å². The molecule has 0 nitrogen and oxygen atoms in total. The van der Waals surface area contributed by atoms with Crippen molar-refractivity contribution in [3.05, 3.63) is 59.1 Å². The third-order valence-corrected chi connectivity index (χ3v) is 9.07. The molecule has 2 aliphatic rings. The van der Waals surface area contributed by atoms with Crippen LogP contribution in [0, 0.1) is 17.8 Å². The van der Waals surface area contributed by atoms with E-state index in [-0.39, 0.29) is 0 Å². The molecule has 0 aliphatic heterocycles. The fraction of sp³-hybridized carbons (Fsp3) is 0.625. The van der Waals surface area contributed by atoms with Crippen LogP contribution in [0.4, 0.5) is 0 Å². The zero-order chi connectivity index (χ0) is 22.9. The number of halogens is 1. The third kappa shape index (κ3) is 7.61. The zero-order valence-corrected chi connectivity index (χ0v) is 21.7. The predicted molar refractivity (Wildman–Crippen MR) is 145 cm³/mol. The normalized spacial score (nSPS) is 25.8. The van der Waals surface area contributed by atoms with Crippen molar-refractivity contribution in [1.29, 1.82) is 0 Å². The Morgan fingerprint density at radius 2 is 1.06 bits per heavy atom. The molecular weight excluding hydrogens is 420 g/mol. The molecule has 2 fully saturated rings. The molecule has 0 atom stereocenters. The molecule has 0 heterocycles. The van der Waals surface area contributed by atoms with Crippen molar-refractivity contribution < 1.29 is 0 Å². The van der Waals surface area contributed by atoms with Gasteiger partial charge in [0, 0.05) is 5.02 Å². The van der Waals surface area contributed by atoms with Crippen LogP contribution < -0.4 is 0 Å². The highest BCUT2D eigenvalue weighted by Gasteiger charge is 2.25. The third-order valence-electron chi connectivity index (χ3n) is 8.82. The summed E-state index contributed by atoms with van der Waals surface area (Å²) in [6, 6.07) is 17.5. The molecule has 180 valence electrons. The van der Waals surface area contributed by atoms with Crippen LogP contribution in [-0.4, -0.2) is 0 Å². The van der Waals surface area contributed by atoms with Gasteiger partial charge in [0.25, 0.3) is 0 Å². The second-order valence-corrected chi connectivity index (χ2v) is 11.6. The summed E-state index contributed by atoms with van der Waals surface area (Å²) in [6.45, 7) is 2.32. The summed E-state index contributed by atoms with van der Waals surface area (Å²) in [5.41, 5.74) is 4.09. The quantitative estimate of drug-likeness (QED) is 0.306. The van der Waals surface area contributed by atoms with E-state index >= 15 is 0 Å². The van der Waals surface area contributed by atoms with Crippen molar-refractivity contribution >= 4 is 11.6 Å². The summed E-state index contributed by atoms with van der Waals surface area (Å²) in [6.07, 6.45) is 22.0. The van der Waals surface area contributed by atoms with Gasteiger partial charge in [-0.1, -0.05) is 126 Å². The molecule has 2 aliphatic carbocycles. The molecule has 0 unspecified atom stereocenters. The van der Waals surface area contributed by atoms with Crippen LogP contribution in [0.5, 0.6) is 0 Å². The highest BCUT2D eigenvalue weighted by Crippen LogP contribution is 2.40. The van der Waals surface area contributed by atoms with Gasteiger partial charge in [0.1, 0.15) is 0 Å². The van der Waals surface area contributed by atoms with Crippen LogP contribution in [0.3, 0.4) is 0 Å². The molecule has 0 bridgehead atoms. The summed E-state index contributed by atoms with van der Waals surface area (Å²) in [5, 5.41) is 0.803. The number of benzene rings is 2. The van der Waals surface area contributed by atoms with E-state index in [4.69, 9.17) is 11.6 Å². The molecule has 4 rings (SSSR count). The van der Waals surface area contributed by atoms with Gasteiger partial charge in [0.05, 0.1) is 0 Å². The Balaban J connectivity index is 1.14. The highest BCUT2D eigenvalue weighted by atomic mass is 35.5. The number of hydrogen-bond acceptors (Lipinski definition) is 0. The van der Waals surface area contributed by atoms with Crippen molar-refractivity contribution in [3.8, 4) is 11.1 Å². The Morgan fingerprint density at radius 3 is 1.61 bits per heavy atom. The molecular formula is C32H45Cl. The first-order valence-electron chi connectivity index (χ1n) is 14.1. The lowest BCUT2D eigenvalue weighted by Crippen LogP contribution is -2.17. The number of hydrogen-bond donors (Lipinski definition) is 0. The van der Waals surface area contributed by atoms with E-state index < -0.39 is 0 Å². The van der Waals surface area contributed by atoms with E-state index in [0.717, 1.165) is 28.7 Å². The molecule has 0 aromatic heterocycles. The van der Waals surface area contributed by atoms with E-state index in [0.29, 0.717) is 0 Å². The molecule has 0 N–H and O–H groups in total. The summed E-state index contributed by atoms with van der Waals surface area (Å²) >= 11 is 6.04. The molecule has 0 spiro atoms. The second-order valence-electron chi connectivity index (χ2n) is 11.2. The van der Waals surface area contributed by atoms with Gasteiger partial charge in [-0.3, -0.25) is 0 Å². The Bertz CT molecular complexity index is 789. The first-order valence-corrected chi connectivity index (χ1v) is 14.4. The monoisotopic (exact) mass is 464 g/mol. The van der Waals surface area contributed by atoms with E-state index in [9.17, 15) is 0 Å². The summed E-state index contributed by atoms with van der Waals surface area (Å²) in [4.78, 5) is 0. The van der Waals surface area contributed by atoms with E-state index in [1.807, 2.05) is 12.1 Å². The fourth-order valence-electron chi connectivity index (χ4n) is 6.51. The Morgan fingerprint density at radius 1 is 0.576 bits per heavy atom. The van der Waals surface area contributed by atoms with E-state index in [1.165, 1.54) is 107 Å². The smallest absolute Gasteiger partial charge is 0.0406 e. The zero-order valence-electron chi connectivity index (χ0n) is 20.9. The predicted octanol–water partition coefficient (Wildman–Crippen LogP) is 10.8. The lowest BCUT2D eigenvalue weighted by Gasteiger charge is -2.32. The van der Waals surface area contributed by atoms with Crippen molar-refractivity contribution in [2.24, 2.45) is 17.8 Å². The van der Waals surface area contributed by atoms with Gasteiger partial charge in [-0.05, 0) is 78.2 Å². The Kier molecular flexibility index (Phi) is 9.78. The Hall–Kier alpha value is -1.27. The maximum absolute atomic E-state index is 6.04. The molecule has 2 aromatic carbocycles. The largest absolute Gasteiger partial charge is 0.0843 e. The van der Waals surface area contributed by atoms with Gasteiger partial charge in [-0.25, -0.2) is 0 Å². The van der Waals surface area contributed by atoms with Gasteiger partial charge < -0.3 is 0 Å². The average molecular weight is 465 g/mol. The average Bonchev–Trinajstić information content (AvgIpc) is 2.87. The van der Waals surface area contributed by atoms with Crippen molar-refractivity contribution in [2.45, 2.75) is 109 Å². The minimum atomic E-state index is 0.767. The lowest BCUT2D eigenvalue weighted by molar-refractivity contribution is 0.222. The van der Waals surface area contributed by atoms with E-state index in [1.54, 1.807) is 5.56 Å². The molecule has 0 radical (unpaired) electrons. The van der Waals surface area contributed by atoms with Crippen LogP contribution in [0.1, 0.15) is 115 Å². The van der Waals surface area contributed by atoms with Crippen LogP contribution in [0.2, 0.25) is 5.02 Å². The molecule has 0 saturated heterocycles.